The van der Waals surface area contributed by atoms with Crippen molar-refractivity contribution >= 4 is 15.9 Å². The zero-order chi connectivity index (χ0) is 11.6. The number of hydrazine groups is 1. The Kier molecular flexibility index (Phi) is 4.08. The van der Waals surface area contributed by atoms with Gasteiger partial charge in [-0.2, -0.15) is 0 Å². The number of carbonyl (C=O) groups is 1. The third kappa shape index (κ3) is 4.06. The molecular weight excluding hydrogens is 204 g/mol. The quantitative estimate of drug-likeness (QED) is 0.678. The van der Waals surface area contributed by atoms with Crippen LogP contribution in [0.4, 0.5) is 0 Å². The highest BCUT2D eigenvalue weighted by Crippen LogP contribution is 2.11. The Balaban J connectivity index is 4.29. The van der Waals surface area contributed by atoms with E-state index in [0.717, 1.165) is 0 Å². The maximum Gasteiger partial charge on any atom is 0.240 e. The van der Waals surface area contributed by atoms with Gasteiger partial charge in [0, 0.05) is 5.41 Å². The summed E-state index contributed by atoms with van der Waals surface area (Å²) in [6, 6.07) is 0. The van der Waals surface area contributed by atoms with Gasteiger partial charge in [-0.3, -0.25) is 10.2 Å². The van der Waals surface area contributed by atoms with Crippen LogP contribution in [0.15, 0.2) is 0 Å². The van der Waals surface area contributed by atoms with E-state index in [1.165, 1.54) is 13.8 Å². The van der Waals surface area contributed by atoms with Crippen molar-refractivity contribution in [1.29, 1.82) is 0 Å². The molecule has 0 aliphatic carbocycles. The lowest BCUT2D eigenvalue weighted by Gasteiger charge is -2.18. The van der Waals surface area contributed by atoms with Crippen LogP contribution in [-0.2, 0) is 14.8 Å². The van der Waals surface area contributed by atoms with Crippen molar-refractivity contribution in [3.05, 3.63) is 0 Å². The zero-order valence-corrected chi connectivity index (χ0v) is 10.0. The van der Waals surface area contributed by atoms with Gasteiger partial charge in [-0.15, -0.1) is 4.83 Å². The second-order valence-corrected chi connectivity index (χ2v) is 6.64. The van der Waals surface area contributed by atoms with Gasteiger partial charge in [-0.05, 0) is 13.8 Å². The minimum Gasteiger partial charge on any atom is -0.277 e. The molecule has 0 radical (unpaired) electrons. The third-order valence-corrected chi connectivity index (χ3v) is 3.24. The van der Waals surface area contributed by atoms with Crippen LogP contribution in [0.2, 0.25) is 0 Å². The Bertz CT molecular complexity index is 301. The van der Waals surface area contributed by atoms with E-state index >= 15 is 0 Å². The van der Waals surface area contributed by atoms with E-state index in [0.29, 0.717) is 0 Å². The van der Waals surface area contributed by atoms with Crippen LogP contribution in [0.5, 0.6) is 0 Å². The van der Waals surface area contributed by atoms with Crippen molar-refractivity contribution in [2.45, 2.75) is 39.9 Å². The SMILES string of the molecule is CC(C)S(=O)(=O)NNC(=O)C(C)(C)C. The van der Waals surface area contributed by atoms with E-state index in [9.17, 15) is 13.2 Å². The summed E-state index contributed by atoms with van der Waals surface area (Å²) in [5, 5.41) is -0.567. The molecule has 6 heteroatoms. The summed E-state index contributed by atoms with van der Waals surface area (Å²) in [5.74, 6) is -0.360. The first kappa shape index (κ1) is 13.4. The maximum atomic E-state index is 11.3. The highest BCUT2D eigenvalue weighted by molar-refractivity contribution is 7.90. The van der Waals surface area contributed by atoms with Crippen molar-refractivity contribution in [3.63, 3.8) is 0 Å². The average molecular weight is 222 g/mol. The van der Waals surface area contributed by atoms with Crippen LogP contribution in [-0.4, -0.2) is 19.6 Å². The third-order valence-electron chi connectivity index (χ3n) is 1.61. The van der Waals surface area contributed by atoms with Gasteiger partial charge in [0.05, 0.1) is 5.25 Å². The number of hydrogen-bond acceptors (Lipinski definition) is 3. The summed E-state index contributed by atoms with van der Waals surface area (Å²) in [6.45, 7) is 8.17. The van der Waals surface area contributed by atoms with Crippen LogP contribution in [0.25, 0.3) is 0 Å². The molecule has 0 aliphatic heterocycles. The first-order valence-electron chi connectivity index (χ1n) is 4.38. The van der Waals surface area contributed by atoms with Crippen LogP contribution in [0, 0.1) is 5.41 Å². The molecular formula is C8H18N2O3S. The first-order valence-corrected chi connectivity index (χ1v) is 5.93. The van der Waals surface area contributed by atoms with Gasteiger partial charge in [0.25, 0.3) is 0 Å². The molecule has 0 aromatic heterocycles. The topological polar surface area (TPSA) is 75.3 Å². The summed E-state index contributed by atoms with van der Waals surface area (Å²) in [6.07, 6.45) is 0. The van der Waals surface area contributed by atoms with Crippen LogP contribution in [0.3, 0.4) is 0 Å². The fourth-order valence-corrected chi connectivity index (χ4v) is 0.893. The molecule has 0 aromatic rings. The Morgan fingerprint density at radius 1 is 1.21 bits per heavy atom. The van der Waals surface area contributed by atoms with E-state index in [-0.39, 0.29) is 5.91 Å². The molecule has 0 rings (SSSR count). The van der Waals surface area contributed by atoms with E-state index in [4.69, 9.17) is 0 Å². The van der Waals surface area contributed by atoms with Crippen molar-refractivity contribution in [2.24, 2.45) is 5.41 Å². The molecule has 0 saturated carbocycles. The van der Waals surface area contributed by atoms with E-state index < -0.39 is 20.7 Å². The molecule has 0 fully saturated rings. The Hall–Kier alpha value is -0.620. The van der Waals surface area contributed by atoms with Crippen molar-refractivity contribution < 1.29 is 13.2 Å². The molecule has 5 nitrogen and oxygen atoms in total. The molecule has 14 heavy (non-hydrogen) atoms. The monoisotopic (exact) mass is 222 g/mol. The molecule has 84 valence electrons. The van der Waals surface area contributed by atoms with E-state index in [1.54, 1.807) is 20.8 Å². The molecule has 0 aromatic carbocycles. The van der Waals surface area contributed by atoms with Gasteiger partial charge >= 0.3 is 0 Å². The smallest absolute Gasteiger partial charge is 0.240 e. The number of sulfonamides is 1. The zero-order valence-electron chi connectivity index (χ0n) is 9.21. The molecule has 0 bridgehead atoms. The van der Waals surface area contributed by atoms with Gasteiger partial charge in [-0.1, -0.05) is 20.8 Å². The summed E-state index contributed by atoms with van der Waals surface area (Å²) in [5.41, 5.74) is 1.56. The fourth-order valence-electron chi connectivity index (χ4n) is 0.423. The molecule has 2 N–H and O–H groups in total. The lowest BCUT2D eigenvalue weighted by Crippen LogP contribution is -2.48. The lowest BCUT2D eigenvalue weighted by molar-refractivity contribution is -0.129. The molecule has 0 saturated heterocycles. The molecule has 1 amide bonds. The second-order valence-electron chi connectivity index (χ2n) is 4.40. The van der Waals surface area contributed by atoms with Crippen molar-refractivity contribution in [3.8, 4) is 0 Å². The predicted molar refractivity (Wildman–Crippen MR) is 54.8 cm³/mol. The normalized spacial score (nSPS) is 13.0. The van der Waals surface area contributed by atoms with Crippen LogP contribution in [0.1, 0.15) is 34.6 Å². The second kappa shape index (κ2) is 4.27. The number of carbonyl (C=O) groups excluding carboxylic acids is 1. The van der Waals surface area contributed by atoms with Gasteiger partial charge in [0.2, 0.25) is 15.9 Å². The number of nitrogens with one attached hydrogen (secondary N) is 2. The number of hydrogen-bond donors (Lipinski definition) is 2. The molecule has 0 unspecified atom stereocenters. The average Bonchev–Trinajstić information content (AvgIpc) is 1.98. The number of amides is 1. The molecule has 0 atom stereocenters. The molecule has 0 spiro atoms. The van der Waals surface area contributed by atoms with E-state index in [1.807, 2.05) is 4.83 Å². The minimum atomic E-state index is -3.44. The van der Waals surface area contributed by atoms with E-state index in [2.05, 4.69) is 5.43 Å². The largest absolute Gasteiger partial charge is 0.277 e. The highest BCUT2D eigenvalue weighted by Gasteiger charge is 2.23. The molecule has 0 aliphatic rings. The van der Waals surface area contributed by atoms with Gasteiger partial charge in [-0.25, -0.2) is 8.42 Å². The maximum absolute atomic E-state index is 11.3. The lowest BCUT2D eigenvalue weighted by atomic mass is 9.96. The Morgan fingerprint density at radius 2 is 1.64 bits per heavy atom. The number of rotatable bonds is 3. The summed E-state index contributed by atoms with van der Waals surface area (Å²) >= 11 is 0. The Morgan fingerprint density at radius 3 is 1.93 bits per heavy atom. The highest BCUT2D eigenvalue weighted by atomic mass is 32.2. The standard InChI is InChI=1S/C8H18N2O3S/c1-6(2)14(12,13)10-9-7(11)8(3,4)5/h6,10H,1-5H3,(H,9,11). The minimum absolute atomic E-state index is 0.360. The summed E-state index contributed by atoms with van der Waals surface area (Å²) in [4.78, 5) is 13.3. The van der Waals surface area contributed by atoms with Gasteiger partial charge in [0.15, 0.2) is 0 Å². The van der Waals surface area contributed by atoms with Gasteiger partial charge in [0.1, 0.15) is 0 Å². The summed E-state index contributed by atoms with van der Waals surface area (Å²) in [7, 11) is -3.44. The van der Waals surface area contributed by atoms with Crippen molar-refractivity contribution in [2.75, 3.05) is 0 Å². The Labute approximate surface area is 85.3 Å². The summed E-state index contributed by atoms with van der Waals surface area (Å²) < 4.78 is 22.5. The predicted octanol–water partition coefficient (Wildman–Crippen LogP) is 0.391. The van der Waals surface area contributed by atoms with Crippen LogP contribution >= 0.6 is 0 Å². The van der Waals surface area contributed by atoms with Crippen molar-refractivity contribution in [1.82, 2.24) is 10.3 Å². The molecule has 0 heterocycles. The fraction of sp³-hybridized carbons (Fsp3) is 0.875. The first-order chi connectivity index (χ1) is 6.07. The van der Waals surface area contributed by atoms with Crippen LogP contribution < -0.4 is 10.3 Å². The van der Waals surface area contributed by atoms with Gasteiger partial charge < -0.3 is 0 Å².